The molecule has 2 rings (SSSR count). The van der Waals surface area contributed by atoms with Crippen molar-refractivity contribution in [2.24, 2.45) is 23.5 Å². The van der Waals surface area contributed by atoms with Gasteiger partial charge in [-0.05, 0) is 44.4 Å². The molecule has 0 aromatic rings. The average molecular weight is 667 g/mol. The summed E-state index contributed by atoms with van der Waals surface area (Å²) in [5.74, 6) is -3.23. The Hall–Kier alpha value is -2.77. The fourth-order valence-corrected chi connectivity index (χ4v) is 6.53. The third-order valence-electron chi connectivity index (χ3n) is 9.47. The molecule has 47 heavy (non-hydrogen) atoms. The monoisotopic (exact) mass is 666 g/mol. The number of unbranched alkanes of at least 4 members (excludes halogenated alkanes) is 3. The number of hydrogen-bond donors (Lipinski definition) is 6. The highest BCUT2D eigenvalue weighted by atomic mass is 16.5. The molecule has 0 radical (unpaired) electrons. The van der Waals surface area contributed by atoms with E-state index in [0.717, 1.165) is 57.8 Å². The summed E-state index contributed by atoms with van der Waals surface area (Å²) in [4.78, 5) is 69.6. The molecule has 1 unspecified atom stereocenters. The maximum absolute atomic E-state index is 14.1. The van der Waals surface area contributed by atoms with Gasteiger partial charge < -0.3 is 41.7 Å². The molecule has 7 N–H and O–H groups in total. The highest BCUT2D eigenvalue weighted by molar-refractivity contribution is 5.96. The molecule has 2 aliphatic rings. The average Bonchev–Trinajstić information content (AvgIpc) is 3.04. The molecular weight excluding hydrogens is 604 g/mol. The Morgan fingerprint density at radius 3 is 2.19 bits per heavy atom. The molecule has 1 heterocycles. The predicted molar refractivity (Wildman–Crippen MR) is 180 cm³/mol. The molecule has 0 bridgehead atoms. The molecule has 7 atom stereocenters. The highest BCUT2D eigenvalue weighted by Crippen LogP contribution is 2.28. The van der Waals surface area contributed by atoms with Crippen LogP contribution in [0.25, 0.3) is 0 Å². The number of carbonyl (C=O) groups excluding carboxylic acids is 5. The third kappa shape index (κ3) is 12.6. The number of hydrogen-bond acceptors (Lipinski definition) is 8. The lowest BCUT2D eigenvalue weighted by Gasteiger charge is -2.36. The van der Waals surface area contributed by atoms with Gasteiger partial charge in [-0.1, -0.05) is 72.6 Å². The first-order valence-electron chi connectivity index (χ1n) is 17.8. The Kier molecular flexibility index (Phi) is 17.7. The molecule has 1 aliphatic heterocycles. The minimum absolute atomic E-state index is 0.0803. The van der Waals surface area contributed by atoms with Crippen LogP contribution in [0.3, 0.4) is 0 Å². The summed E-state index contributed by atoms with van der Waals surface area (Å²) in [6.07, 6.45) is 7.59. The van der Waals surface area contributed by atoms with Crippen molar-refractivity contribution in [1.29, 1.82) is 0 Å². The second-order valence-electron chi connectivity index (χ2n) is 13.8. The Morgan fingerprint density at radius 1 is 0.915 bits per heavy atom. The van der Waals surface area contributed by atoms with Crippen molar-refractivity contribution in [1.82, 2.24) is 26.2 Å². The van der Waals surface area contributed by atoms with Crippen LogP contribution < -0.4 is 27.0 Å². The fourth-order valence-electron chi connectivity index (χ4n) is 6.53. The van der Waals surface area contributed by atoms with Crippen LogP contribution in [0.2, 0.25) is 0 Å². The van der Waals surface area contributed by atoms with Gasteiger partial charge in [-0.3, -0.25) is 24.0 Å². The Bertz CT molecular complexity index is 1020. The van der Waals surface area contributed by atoms with Gasteiger partial charge in [-0.15, -0.1) is 0 Å². The van der Waals surface area contributed by atoms with Crippen LogP contribution in [-0.2, 0) is 28.7 Å². The normalized spacial score (nSPS) is 29.2. The van der Waals surface area contributed by atoms with Crippen molar-refractivity contribution >= 4 is 29.5 Å². The summed E-state index contributed by atoms with van der Waals surface area (Å²) in [6, 6.07) is -4.30. The van der Waals surface area contributed by atoms with Crippen molar-refractivity contribution in [2.45, 2.75) is 142 Å². The van der Waals surface area contributed by atoms with Gasteiger partial charge in [0.15, 0.2) is 0 Å². The van der Waals surface area contributed by atoms with E-state index in [-0.39, 0.29) is 37.4 Å². The number of nitrogens with one attached hydrogen (secondary N) is 4. The molecule has 1 saturated heterocycles. The molecule has 13 nitrogen and oxygen atoms in total. The summed E-state index contributed by atoms with van der Waals surface area (Å²) < 4.78 is 6.19. The predicted octanol–water partition coefficient (Wildman–Crippen LogP) is 1.36. The number of carbonyl (C=O) groups is 5. The molecule has 2 fully saturated rings. The highest BCUT2D eigenvalue weighted by Gasteiger charge is 2.39. The van der Waals surface area contributed by atoms with E-state index in [1.165, 1.54) is 11.8 Å². The van der Waals surface area contributed by atoms with Crippen LogP contribution >= 0.6 is 0 Å². The molecule has 0 spiro atoms. The zero-order valence-corrected chi connectivity index (χ0v) is 29.5. The number of aliphatic hydroxyl groups is 1. The second kappa shape index (κ2) is 20.6. The Labute approximate surface area is 281 Å². The summed E-state index contributed by atoms with van der Waals surface area (Å²) in [5, 5.41) is 21.2. The molecule has 13 heteroatoms. The van der Waals surface area contributed by atoms with Crippen LogP contribution in [0.5, 0.6) is 0 Å². The second-order valence-corrected chi connectivity index (χ2v) is 13.8. The van der Waals surface area contributed by atoms with Gasteiger partial charge in [0, 0.05) is 20.1 Å². The zero-order chi connectivity index (χ0) is 35.1. The lowest BCUT2D eigenvalue weighted by molar-refractivity contribution is -0.147. The maximum Gasteiger partial charge on any atom is 0.245 e. The first-order valence-corrected chi connectivity index (χ1v) is 17.8. The molecule has 5 amide bonds. The lowest BCUT2D eigenvalue weighted by Crippen LogP contribution is -2.62. The number of amides is 5. The van der Waals surface area contributed by atoms with Gasteiger partial charge >= 0.3 is 0 Å². The topological polar surface area (TPSA) is 192 Å². The Morgan fingerprint density at radius 2 is 1.60 bits per heavy atom. The van der Waals surface area contributed by atoms with Crippen molar-refractivity contribution in [3.05, 3.63) is 0 Å². The van der Waals surface area contributed by atoms with E-state index in [1.54, 1.807) is 14.0 Å². The van der Waals surface area contributed by atoms with Crippen LogP contribution in [0.15, 0.2) is 0 Å². The Balaban J connectivity index is 2.51. The van der Waals surface area contributed by atoms with Gasteiger partial charge in [-0.2, -0.15) is 0 Å². The van der Waals surface area contributed by atoms with Crippen LogP contribution in [0.1, 0.15) is 105 Å². The zero-order valence-electron chi connectivity index (χ0n) is 29.5. The van der Waals surface area contributed by atoms with E-state index in [1.807, 2.05) is 13.8 Å². The van der Waals surface area contributed by atoms with Crippen LogP contribution in [-0.4, -0.2) is 103 Å². The quantitative estimate of drug-likeness (QED) is 0.188. The van der Waals surface area contributed by atoms with Gasteiger partial charge in [0.25, 0.3) is 0 Å². The number of ether oxygens (including phenoxy) is 1. The van der Waals surface area contributed by atoms with Gasteiger partial charge in [-0.25, -0.2) is 0 Å². The summed E-state index contributed by atoms with van der Waals surface area (Å²) >= 11 is 0. The van der Waals surface area contributed by atoms with E-state index in [0.29, 0.717) is 12.8 Å². The minimum Gasteiger partial charge on any atom is -0.391 e. The number of rotatable bonds is 10. The summed E-state index contributed by atoms with van der Waals surface area (Å²) in [5.41, 5.74) is 5.90. The van der Waals surface area contributed by atoms with Crippen molar-refractivity contribution in [3.8, 4) is 0 Å². The van der Waals surface area contributed by atoms with E-state index < -0.39 is 65.9 Å². The fraction of sp³-hybridized carbons (Fsp3) is 0.853. The summed E-state index contributed by atoms with van der Waals surface area (Å²) in [7, 11) is 1.63. The molecule has 1 saturated carbocycles. The lowest BCUT2D eigenvalue weighted by atomic mass is 9.83. The molecule has 0 aromatic carbocycles. The van der Waals surface area contributed by atoms with Gasteiger partial charge in [0.2, 0.25) is 29.5 Å². The summed E-state index contributed by atoms with van der Waals surface area (Å²) in [6.45, 7) is 9.19. The number of aliphatic hydroxyl groups excluding tert-OH is 1. The van der Waals surface area contributed by atoms with E-state index in [2.05, 4.69) is 28.2 Å². The number of nitrogens with two attached hydrogens (primary N) is 1. The first kappa shape index (κ1) is 40.4. The molecular formula is C34H62N6O7. The number of nitrogens with zero attached hydrogens (tertiary/aromatic N) is 1. The minimum atomic E-state index is -1.31. The van der Waals surface area contributed by atoms with Crippen molar-refractivity contribution in [2.75, 3.05) is 26.7 Å². The van der Waals surface area contributed by atoms with Crippen LogP contribution in [0, 0.1) is 17.8 Å². The third-order valence-corrected chi connectivity index (χ3v) is 9.47. The van der Waals surface area contributed by atoms with E-state index >= 15 is 0 Å². The van der Waals surface area contributed by atoms with Gasteiger partial charge in [0.1, 0.15) is 24.2 Å². The van der Waals surface area contributed by atoms with Crippen molar-refractivity contribution in [3.63, 3.8) is 0 Å². The maximum atomic E-state index is 14.1. The van der Waals surface area contributed by atoms with E-state index in [4.69, 9.17) is 10.5 Å². The van der Waals surface area contributed by atoms with Gasteiger partial charge in [0.05, 0.1) is 24.7 Å². The first-order chi connectivity index (χ1) is 22.3. The molecule has 270 valence electrons. The smallest absolute Gasteiger partial charge is 0.245 e. The van der Waals surface area contributed by atoms with Crippen molar-refractivity contribution < 1.29 is 33.8 Å². The standard InChI is InChI=1S/C34H62N6O7/c1-7-8-9-13-16-27-22(4)34(46)40(6)26(19-21(2)3)31(43)39-29(24-14-11-10-12-15-24)33(45)37-25(20-35)30(42)38-28(23(5)41)32(44)36-17-18-47-27/h21-29,41H,7-20,35H2,1-6H3,(H,36,44)(H,37,45)(H,38,42)(H,39,43)/t22-,23?,25+,26+,27-,28+,29+/m1/s1. The van der Waals surface area contributed by atoms with E-state index in [9.17, 15) is 29.1 Å². The largest absolute Gasteiger partial charge is 0.391 e. The molecule has 1 aliphatic carbocycles. The number of likely N-dealkylation sites (N-methyl/N-ethyl adjacent to an activating group) is 1. The van der Waals surface area contributed by atoms with Crippen LogP contribution in [0.4, 0.5) is 0 Å². The molecule has 0 aromatic heterocycles. The SMILES string of the molecule is CCCCCC[C@H]1OCCNC(=O)[C@H](C(C)O)NC(=O)[C@H](CN)NC(=O)[C@H](C2CCCCC2)NC(=O)[C@H](CC(C)C)N(C)C(=O)[C@@H]1C.